The van der Waals surface area contributed by atoms with Crippen molar-refractivity contribution < 1.29 is 14.6 Å². The van der Waals surface area contributed by atoms with E-state index in [1.54, 1.807) is 13.0 Å². The summed E-state index contributed by atoms with van der Waals surface area (Å²) in [6.45, 7) is 8.19. The Labute approximate surface area is 229 Å². The molecule has 2 aromatic carbocycles. The van der Waals surface area contributed by atoms with Crippen molar-refractivity contribution in [1.29, 1.82) is 0 Å². The SMILES string of the molecule is CCCC1=C(C(=O)OCC)[C@H](c2ccc(C(C)C)cc2)n2c(s/c(=C\c3cc(Cl)cc(Cl)c3O)c2=O)=N1. The Morgan fingerprint density at radius 2 is 1.92 bits per heavy atom. The minimum Gasteiger partial charge on any atom is -0.506 e. The van der Waals surface area contributed by atoms with Crippen LogP contribution in [0.25, 0.3) is 6.08 Å². The molecule has 0 spiro atoms. The van der Waals surface area contributed by atoms with Gasteiger partial charge in [-0.15, -0.1) is 0 Å². The zero-order valence-electron chi connectivity index (χ0n) is 21.0. The maximum atomic E-state index is 13.8. The molecule has 1 atom stereocenters. The first-order valence-electron chi connectivity index (χ1n) is 12.2. The molecule has 37 heavy (non-hydrogen) atoms. The summed E-state index contributed by atoms with van der Waals surface area (Å²) >= 11 is 13.4. The molecule has 0 amide bonds. The van der Waals surface area contributed by atoms with Crippen molar-refractivity contribution >= 4 is 46.6 Å². The molecule has 0 saturated heterocycles. The molecule has 194 valence electrons. The van der Waals surface area contributed by atoms with E-state index >= 15 is 0 Å². The molecule has 1 aromatic heterocycles. The largest absolute Gasteiger partial charge is 0.506 e. The number of benzene rings is 2. The molecule has 2 heterocycles. The molecule has 0 bridgehead atoms. The van der Waals surface area contributed by atoms with Gasteiger partial charge >= 0.3 is 5.97 Å². The molecule has 1 N–H and O–H groups in total. The monoisotopic (exact) mass is 558 g/mol. The van der Waals surface area contributed by atoms with Crippen LogP contribution >= 0.6 is 34.5 Å². The lowest BCUT2D eigenvalue weighted by Crippen LogP contribution is -2.40. The highest BCUT2D eigenvalue weighted by atomic mass is 35.5. The zero-order valence-corrected chi connectivity index (χ0v) is 23.4. The van der Waals surface area contributed by atoms with Gasteiger partial charge < -0.3 is 9.84 Å². The summed E-state index contributed by atoms with van der Waals surface area (Å²) in [7, 11) is 0. The van der Waals surface area contributed by atoms with Crippen LogP contribution in [-0.2, 0) is 9.53 Å². The number of allylic oxidation sites excluding steroid dienone is 1. The number of nitrogens with zero attached hydrogens (tertiary/aromatic N) is 2. The predicted octanol–water partition coefficient (Wildman–Crippen LogP) is 5.71. The number of aromatic hydroxyl groups is 1. The van der Waals surface area contributed by atoms with Crippen LogP contribution < -0.4 is 14.9 Å². The number of rotatable bonds is 7. The van der Waals surface area contributed by atoms with E-state index in [1.807, 2.05) is 31.2 Å². The van der Waals surface area contributed by atoms with Gasteiger partial charge in [0.25, 0.3) is 5.56 Å². The van der Waals surface area contributed by atoms with Crippen molar-refractivity contribution in [2.45, 2.75) is 52.5 Å². The number of carbonyl (C=O) groups is 1. The molecule has 0 saturated carbocycles. The number of esters is 1. The fraction of sp³-hybridized carbons (Fsp3) is 0.321. The highest BCUT2D eigenvalue weighted by molar-refractivity contribution is 7.07. The summed E-state index contributed by atoms with van der Waals surface area (Å²) in [5.41, 5.74) is 2.90. The Hall–Kier alpha value is -2.87. The second-order valence-electron chi connectivity index (χ2n) is 9.06. The number of aromatic nitrogens is 1. The Morgan fingerprint density at radius 3 is 2.54 bits per heavy atom. The van der Waals surface area contributed by atoms with Crippen molar-refractivity contribution in [3.05, 3.63) is 94.1 Å². The number of phenolic OH excluding ortho intramolecular Hbond substituents is 1. The van der Waals surface area contributed by atoms with Crippen LogP contribution in [0.2, 0.25) is 10.0 Å². The first kappa shape index (κ1) is 27.2. The van der Waals surface area contributed by atoms with E-state index in [0.29, 0.717) is 43.5 Å². The van der Waals surface area contributed by atoms with Crippen LogP contribution in [0, 0.1) is 0 Å². The number of ether oxygens (including phenoxy) is 1. The summed E-state index contributed by atoms with van der Waals surface area (Å²) < 4.78 is 7.30. The van der Waals surface area contributed by atoms with E-state index < -0.39 is 12.0 Å². The summed E-state index contributed by atoms with van der Waals surface area (Å²) in [6, 6.07) is 10.2. The molecular weight excluding hydrogens is 531 g/mol. The lowest BCUT2D eigenvalue weighted by atomic mass is 9.92. The Kier molecular flexibility index (Phi) is 8.26. The second-order valence-corrected chi connectivity index (χ2v) is 10.9. The van der Waals surface area contributed by atoms with Gasteiger partial charge in [0.1, 0.15) is 5.75 Å². The number of phenols is 1. The van der Waals surface area contributed by atoms with E-state index in [2.05, 4.69) is 13.8 Å². The number of carbonyl (C=O) groups excluding carboxylic acids is 1. The second kappa shape index (κ2) is 11.3. The normalized spacial score (nSPS) is 15.6. The molecule has 9 heteroatoms. The smallest absolute Gasteiger partial charge is 0.338 e. The fourth-order valence-electron chi connectivity index (χ4n) is 4.34. The number of hydrogen-bond donors (Lipinski definition) is 1. The molecule has 1 aliphatic heterocycles. The highest BCUT2D eigenvalue weighted by Gasteiger charge is 2.34. The lowest BCUT2D eigenvalue weighted by molar-refractivity contribution is -0.139. The van der Waals surface area contributed by atoms with Crippen molar-refractivity contribution in [2.75, 3.05) is 6.61 Å². The van der Waals surface area contributed by atoms with Gasteiger partial charge in [0.15, 0.2) is 4.80 Å². The van der Waals surface area contributed by atoms with Gasteiger partial charge in [0.05, 0.1) is 33.5 Å². The van der Waals surface area contributed by atoms with E-state index in [1.165, 1.54) is 28.0 Å². The Balaban J connectivity index is 2.00. The molecule has 0 aliphatic carbocycles. The van der Waals surface area contributed by atoms with Crippen LogP contribution in [0.5, 0.6) is 5.75 Å². The summed E-state index contributed by atoms with van der Waals surface area (Å²) in [5.74, 6) is -0.318. The van der Waals surface area contributed by atoms with Crippen molar-refractivity contribution in [1.82, 2.24) is 4.57 Å². The maximum Gasteiger partial charge on any atom is 0.338 e. The van der Waals surface area contributed by atoms with Gasteiger partial charge in [0, 0.05) is 10.6 Å². The Bertz CT molecular complexity index is 1550. The number of fused-ring (bicyclic) bond motifs is 1. The highest BCUT2D eigenvalue weighted by Crippen LogP contribution is 2.34. The fourth-order valence-corrected chi connectivity index (χ4v) is 5.86. The molecule has 4 rings (SSSR count). The van der Waals surface area contributed by atoms with Crippen LogP contribution in [0.3, 0.4) is 0 Å². The van der Waals surface area contributed by atoms with Gasteiger partial charge in [-0.2, -0.15) is 0 Å². The predicted molar refractivity (Wildman–Crippen MR) is 148 cm³/mol. The average Bonchev–Trinajstić information content (AvgIpc) is 3.16. The van der Waals surface area contributed by atoms with E-state index in [-0.39, 0.29) is 22.9 Å². The third-order valence-corrected chi connectivity index (χ3v) is 7.64. The molecular formula is C28H28Cl2N2O4S. The molecule has 3 aromatic rings. The van der Waals surface area contributed by atoms with Crippen LogP contribution in [0.1, 0.15) is 69.2 Å². The number of hydrogen-bond acceptors (Lipinski definition) is 6. The van der Waals surface area contributed by atoms with Gasteiger partial charge in [-0.1, -0.05) is 86.0 Å². The average molecular weight is 560 g/mol. The topological polar surface area (TPSA) is 80.9 Å². The van der Waals surface area contributed by atoms with Crippen molar-refractivity contribution in [3.63, 3.8) is 0 Å². The van der Waals surface area contributed by atoms with Crippen molar-refractivity contribution in [3.8, 4) is 5.75 Å². The quantitative estimate of drug-likeness (QED) is 0.376. The standard InChI is InChI=1S/C28H28Cl2N2O4S/c1-5-7-21-23(27(35)36-6-2)24(17-10-8-16(9-11-17)15(3)4)32-26(34)22(37-28(32)31-21)13-18-12-19(29)14-20(30)25(18)33/h8-15,24,33H,5-7H2,1-4H3/b22-13-/t24-/m0/s1. The minimum absolute atomic E-state index is 0.0875. The van der Waals surface area contributed by atoms with Gasteiger partial charge in [-0.3, -0.25) is 9.36 Å². The molecule has 6 nitrogen and oxygen atoms in total. The third-order valence-electron chi connectivity index (χ3n) is 6.16. The Morgan fingerprint density at radius 1 is 1.22 bits per heavy atom. The van der Waals surface area contributed by atoms with Crippen molar-refractivity contribution in [2.24, 2.45) is 4.99 Å². The number of thiazole rings is 1. The first-order chi connectivity index (χ1) is 17.7. The van der Waals surface area contributed by atoms with Crippen LogP contribution in [0.4, 0.5) is 0 Å². The summed E-state index contributed by atoms with van der Waals surface area (Å²) in [4.78, 5) is 32.3. The van der Waals surface area contributed by atoms with Crippen LogP contribution in [-0.4, -0.2) is 22.2 Å². The van der Waals surface area contributed by atoms with E-state index in [0.717, 1.165) is 17.5 Å². The van der Waals surface area contributed by atoms with Gasteiger partial charge in [-0.25, -0.2) is 9.79 Å². The first-order valence-corrected chi connectivity index (χ1v) is 13.7. The molecule has 1 aliphatic rings. The zero-order chi connectivity index (χ0) is 26.9. The summed E-state index contributed by atoms with van der Waals surface area (Å²) in [6.07, 6.45) is 2.87. The van der Waals surface area contributed by atoms with Gasteiger partial charge in [-0.05, 0) is 48.6 Å². The third kappa shape index (κ3) is 5.40. The van der Waals surface area contributed by atoms with Crippen LogP contribution in [0.15, 0.2) is 57.5 Å². The molecule has 0 radical (unpaired) electrons. The lowest BCUT2D eigenvalue weighted by Gasteiger charge is -2.26. The molecule has 0 fully saturated rings. The molecule has 0 unspecified atom stereocenters. The number of halogens is 2. The van der Waals surface area contributed by atoms with E-state index in [9.17, 15) is 14.7 Å². The maximum absolute atomic E-state index is 13.8. The van der Waals surface area contributed by atoms with E-state index in [4.69, 9.17) is 32.9 Å². The van der Waals surface area contributed by atoms with Gasteiger partial charge in [0.2, 0.25) is 0 Å². The minimum atomic E-state index is -0.697. The summed E-state index contributed by atoms with van der Waals surface area (Å²) in [5, 5.41) is 10.9.